The molecule has 1 N–H and O–H groups in total. The molecule has 2 fully saturated rings. The van der Waals surface area contributed by atoms with Gasteiger partial charge in [-0.25, -0.2) is 4.79 Å². The molecule has 0 saturated carbocycles. The molecule has 2 aliphatic rings. The van der Waals surface area contributed by atoms with Gasteiger partial charge in [-0.15, -0.1) is 0 Å². The monoisotopic (exact) mass is 333 g/mol. The van der Waals surface area contributed by atoms with Gasteiger partial charge in [-0.05, 0) is 33.3 Å². The van der Waals surface area contributed by atoms with Gasteiger partial charge in [0.2, 0.25) is 0 Å². The van der Waals surface area contributed by atoms with E-state index in [1.165, 1.54) is 0 Å². The number of amides is 1. The van der Waals surface area contributed by atoms with E-state index in [1.807, 2.05) is 52.0 Å². The minimum Gasteiger partial charge on any atom is -0.444 e. The normalized spacial score (nSPS) is 30.1. The molecule has 1 aromatic rings. The second-order valence-electron chi connectivity index (χ2n) is 8.04. The zero-order valence-corrected chi connectivity index (χ0v) is 14.9. The Morgan fingerprint density at radius 2 is 1.75 bits per heavy atom. The van der Waals surface area contributed by atoms with Gasteiger partial charge in [0.25, 0.3) is 0 Å². The first-order valence-electron chi connectivity index (χ1n) is 8.56. The van der Waals surface area contributed by atoms with Crippen molar-refractivity contribution >= 4 is 6.09 Å². The summed E-state index contributed by atoms with van der Waals surface area (Å²) in [5, 5.41) is 11.2. The lowest BCUT2D eigenvalue weighted by atomic mass is 9.77. The number of rotatable bonds is 1. The van der Waals surface area contributed by atoms with E-state index in [2.05, 4.69) is 0 Å². The van der Waals surface area contributed by atoms with E-state index in [4.69, 9.17) is 9.47 Å². The molecule has 132 valence electrons. The summed E-state index contributed by atoms with van der Waals surface area (Å²) in [6.45, 7) is 8.49. The lowest BCUT2D eigenvalue weighted by Gasteiger charge is -2.51. The Bertz CT molecular complexity index is 591. The molecule has 2 bridgehead atoms. The van der Waals surface area contributed by atoms with Crippen molar-refractivity contribution < 1.29 is 19.4 Å². The van der Waals surface area contributed by atoms with Crippen LogP contribution in [0.3, 0.4) is 0 Å². The Hall–Kier alpha value is -1.59. The Labute approximate surface area is 143 Å². The van der Waals surface area contributed by atoms with Gasteiger partial charge in [0, 0.05) is 12.8 Å². The highest BCUT2D eigenvalue weighted by atomic mass is 16.6. The van der Waals surface area contributed by atoms with Gasteiger partial charge in [0.05, 0.1) is 30.9 Å². The number of morpholine rings is 1. The summed E-state index contributed by atoms with van der Waals surface area (Å²) < 4.78 is 11.2. The molecule has 0 spiro atoms. The number of ether oxygens (including phenoxy) is 2. The summed E-state index contributed by atoms with van der Waals surface area (Å²) in [5.74, 6) is 0. The summed E-state index contributed by atoms with van der Waals surface area (Å²) in [7, 11) is 0. The molecular formula is C19H27NO4. The van der Waals surface area contributed by atoms with Crippen molar-refractivity contribution in [2.24, 2.45) is 0 Å². The molecule has 3 rings (SSSR count). The maximum Gasteiger partial charge on any atom is 0.410 e. The third kappa shape index (κ3) is 3.42. The molecule has 2 unspecified atom stereocenters. The average molecular weight is 333 g/mol. The van der Waals surface area contributed by atoms with Crippen molar-refractivity contribution in [3.63, 3.8) is 0 Å². The first-order valence-corrected chi connectivity index (χ1v) is 8.56. The lowest BCUT2D eigenvalue weighted by molar-refractivity contribution is -0.141. The van der Waals surface area contributed by atoms with Gasteiger partial charge >= 0.3 is 6.09 Å². The van der Waals surface area contributed by atoms with Gasteiger partial charge in [-0.1, -0.05) is 29.8 Å². The van der Waals surface area contributed by atoms with Crippen LogP contribution in [-0.4, -0.2) is 47.0 Å². The number of aryl methyl sites for hydroxylation is 1. The molecule has 2 saturated heterocycles. The Morgan fingerprint density at radius 1 is 1.21 bits per heavy atom. The third-order valence-electron chi connectivity index (χ3n) is 4.75. The molecule has 0 radical (unpaired) electrons. The number of fused-ring (bicyclic) bond motifs is 2. The predicted octanol–water partition coefficient (Wildman–Crippen LogP) is 2.98. The minimum absolute atomic E-state index is 0.168. The average Bonchev–Trinajstić information content (AvgIpc) is 2.44. The second kappa shape index (κ2) is 6.05. The summed E-state index contributed by atoms with van der Waals surface area (Å²) in [6.07, 6.45) is 0.615. The summed E-state index contributed by atoms with van der Waals surface area (Å²) in [6, 6.07) is 7.65. The topological polar surface area (TPSA) is 59.0 Å². The van der Waals surface area contributed by atoms with Crippen molar-refractivity contribution in [2.75, 3.05) is 13.2 Å². The zero-order valence-electron chi connectivity index (χ0n) is 14.9. The minimum atomic E-state index is -0.925. The van der Waals surface area contributed by atoms with Crippen LogP contribution >= 0.6 is 0 Å². The van der Waals surface area contributed by atoms with Gasteiger partial charge in [0.15, 0.2) is 0 Å². The Morgan fingerprint density at radius 3 is 2.25 bits per heavy atom. The first kappa shape index (κ1) is 17.2. The number of nitrogens with zero attached hydrogens (tertiary/aromatic N) is 1. The third-order valence-corrected chi connectivity index (χ3v) is 4.75. The smallest absolute Gasteiger partial charge is 0.410 e. The molecule has 5 nitrogen and oxygen atoms in total. The van der Waals surface area contributed by atoms with E-state index in [9.17, 15) is 9.90 Å². The number of hydrogen-bond acceptors (Lipinski definition) is 4. The highest BCUT2D eigenvalue weighted by molar-refractivity contribution is 5.69. The lowest BCUT2D eigenvalue weighted by Crippen LogP contribution is -2.63. The van der Waals surface area contributed by atoms with Crippen LogP contribution in [0.15, 0.2) is 24.3 Å². The molecule has 2 atom stereocenters. The van der Waals surface area contributed by atoms with E-state index in [1.54, 1.807) is 4.90 Å². The maximum atomic E-state index is 12.6. The molecule has 2 aliphatic heterocycles. The van der Waals surface area contributed by atoms with Gasteiger partial charge < -0.3 is 14.6 Å². The summed E-state index contributed by atoms with van der Waals surface area (Å²) >= 11 is 0. The number of carbonyl (C=O) groups excluding carboxylic acids is 1. The SMILES string of the molecule is Cc1ccc(C2(O)CC3COCC(C2)N3C(=O)OC(C)(C)C)cc1. The van der Waals surface area contributed by atoms with Crippen LogP contribution in [0, 0.1) is 6.92 Å². The first-order chi connectivity index (χ1) is 11.2. The van der Waals surface area contributed by atoms with Crippen LogP contribution in [0.25, 0.3) is 0 Å². The number of benzene rings is 1. The van der Waals surface area contributed by atoms with Crippen LogP contribution in [0.5, 0.6) is 0 Å². The van der Waals surface area contributed by atoms with Crippen molar-refractivity contribution in [2.45, 2.75) is 63.8 Å². The van der Waals surface area contributed by atoms with Crippen LogP contribution in [0.1, 0.15) is 44.7 Å². The molecule has 2 heterocycles. The fraction of sp³-hybridized carbons (Fsp3) is 0.632. The molecule has 1 amide bonds. The van der Waals surface area contributed by atoms with E-state index < -0.39 is 11.2 Å². The van der Waals surface area contributed by atoms with Crippen LogP contribution in [0.2, 0.25) is 0 Å². The fourth-order valence-electron chi connectivity index (χ4n) is 3.69. The van der Waals surface area contributed by atoms with E-state index in [-0.39, 0.29) is 18.2 Å². The van der Waals surface area contributed by atoms with Crippen molar-refractivity contribution in [3.05, 3.63) is 35.4 Å². The van der Waals surface area contributed by atoms with Crippen molar-refractivity contribution in [3.8, 4) is 0 Å². The predicted molar refractivity (Wildman–Crippen MR) is 90.8 cm³/mol. The zero-order chi connectivity index (χ0) is 17.5. The highest BCUT2D eigenvalue weighted by Crippen LogP contribution is 2.41. The summed E-state index contributed by atoms with van der Waals surface area (Å²) in [4.78, 5) is 14.4. The number of carbonyl (C=O) groups is 1. The number of aliphatic hydroxyl groups is 1. The van der Waals surface area contributed by atoms with Crippen LogP contribution in [0.4, 0.5) is 4.79 Å². The van der Waals surface area contributed by atoms with Crippen LogP contribution in [-0.2, 0) is 15.1 Å². The number of hydrogen-bond donors (Lipinski definition) is 1. The molecular weight excluding hydrogens is 306 g/mol. The quantitative estimate of drug-likeness (QED) is 0.858. The van der Waals surface area contributed by atoms with Crippen molar-refractivity contribution in [1.82, 2.24) is 4.90 Å². The van der Waals surface area contributed by atoms with Gasteiger partial charge in [-0.3, -0.25) is 4.90 Å². The van der Waals surface area contributed by atoms with E-state index >= 15 is 0 Å². The molecule has 0 aliphatic carbocycles. The Balaban J connectivity index is 1.82. The van der Waals surface area contributed by atoms with Gasteiger partial charge in [0.1, 0.15) is 5.60 Å². The largest absolute Gasteiger partial charge is 0.444 e. The maximum absolute atomic E-state index is 12.6. The highest BCUT2D eigenvalue weighted by Gasteiger charge is 2.49. The van der Waals surface area contributed by atoms with E-state index in [0.29, 0.717) is 26.1 Å². The van der Waals surface area contributed by atoms with E-state index in [0.717, 1.165) is 11.1 Å². The van der Waals surface area contributed by atoms with Crippen molar-refractivity contribution in [1.29, 1.82) is 0 Å². The standard InChI is InChI=1S/C19H27NO4/c1-13-5-7-14(8-6-13)19(22)9-15-11-23-12-16(10-19)20(15)17(21)24-18(2,3)4/h5-8,15-16,22H,9-12H2,1-4H3. The summed E-state index contributed by atoms with van der Waals surface area (Å²) in [5.41, 5.74) is 0.619. The second-order valence-corrected chi connectivity index (χ2v) is 8.04. The molecule has 0 aromatic heterocycles. The van der Waals surface area contributed by atoms with Crippen LogP contribution < -0.4 is 0 Å². The van der Waals surface area contributed by atoms with Gasteiger partial charge in [-0.2, -0.15) is 0 Å². The Kier molecular flexibility index (Phi) is 4.34. The number of piperidine rings is 1. The molecule has 1 aromatic carbocycles. The molecule has 5 heteroatoms. The molecule has 24 heavy (non-hydrogen) atoms. The fourth-order valence-corrected chi connectivity index (χ4v) is 3.69.